The molecule has 0 aliphatic rings. The summed E-state index contributed by atoms with van der Waals surface area (Å²) in [7, 11) is 0.0725. The highest BCUT2D eigenvalue weighted by Gasteiger charge is 2.50. The van der Waals surface area contributed by atoms with E-state index in [-0.39, 0.29) is 23.0 Å². The largest absolute Gasteiger partial charge is 0.543 e. The van der Waals surface area contributed by atoms with Gasteiger partial charge in [0.2, 0.25) is 0 Å². The van der Waals surface area contributed by atoms with Gasteiger partial charge >= 0.3 is 11.9 Å². The molecule has 5 nitrogen and oxygen atoms in total. The minimum Gasteiger partial charge on any atom is -0.543 e. The lowest BCUT2D eigenvalue weighted by molar-refractivity contribution is -0.164. The van der Waals surface area contributed by atoms with E-state index in [0.29, 0.717) is 5.76 Å². The molecule has 0 radical (unpaired) electrons. The summed E-state index contributed by atoms with van der Waals surface area (Å²) in [4.78, 5) is 26.3. The van der Waals surface area contributed by atoms with Crippen LogP contribution in [0.5, 0.6) is 0 Å². The molecule has 0 aromatic heterocycles. The fraction of sp³-hybridized carbons (Fsp3) is 0.467. The Morgan fingerprint density at radius 1 is 0.944 bits per heavy atom. The molecule has 0 N–H and O–H groups in total. The maximum Gasteiger partial charge on any atom is 0.328 e. The van der Waals surface area contributed by atoms with Crippen LogP contribution in [0.25, 0.3) is 6.08 Å². The van der Waals surface area contributed by atoms with Crippen molar-refractivity contribution in [1.29, 1.82) is 0 Å². The zero-order valence-corrected chi connectivity index (χ0v) is 24.3. The second kappa shape index (κ2) is 14.5. The average Bonchev–Trinajstić information content (AvgIpc) is 2.86. The molecule has 0 spiro atoms. The van der Waals surface area contributed by atoms with Crippen LogP contribution in [-0.2, 0) is 23.5 Å². The van der Waals surface area contributed by atoms with Crippen molar-refractivity contribution in [3.63, 3.8) is 0 Å². The van der Waals surface area contributed by atoms with Crippen molar-refractivity contribution in [2.75, 3.05) is 14.2 Å². The molecular formula is C30H42O5Si. The molecule has 0 saturated heterocycles. The van der Waals surface area contributed by atoms with E-state index in [0.717, 1.165) is 5.56 Å². The Kier molecular flexibility index (Phi) is 12.5. The van der Waals surface area contributed by atoms with Crippen molar-refractivity contribution in [3.8, 4) is 11.8 Å². The van der Waals surface area contributed by atoms with E-state index in [1.807, 2.05) is 49.4 Å². The minimum absolute atomic E-state index is 0.109. The molecule has 36 heavy (non-hydrogen) atoms. The molecule has 0 bridgehead atoms. The third-order valence-electron chi connectivity index (χ3n) is 6.45. The fourth-order valence-corrected chi connectivity index (χ4v) is 9.99. The van der Waals surface area contributed by atoms with Gasteiger partial charge in [0.05, 0.1) is 14.2 Å². The Morgan fingerprint density at radius 3 is 1.92 bits per heavy atom. The summed E-state index contributed by atoms with van der Waals surface area (Å²) >= 11 is 0. The first kappa shape index (κ1) is 31.0. The lowest BCUT2D eigenvalue weighted by atomic mass is 9.83. The van der Waals surface area contributed by atoms with E-state index >= 15 is 0 Å². The van der Waals surface area contributed by atoms with Crippen LogP contribution < -0.4 is 0 Å². The number of carbonyl (C=O) groups is 2. The second-order valence-corrected chi connectivity index (χ2v) is 15.0. The van der Waals surface area contributed by atoms with E-state index in [1.54, 1.807) is 18.2 Å². The van der Waals surface area contributed by atoms with Gasteiger partial charge in [-0.05, 0) is 47.3 Å². The predicted octanol–water partition coefficient (Wildman–Crippen LogP) is 7.08. The standard InChI is InChI=1S/C30H42O5Si/c1-10-11-12-16-21-30(28(31)33-8,29(32)34-9)22-27(20-19-26-17-14-13-15-18-26)35-36(23(2)3,24(4)5)25(6)7/h10-11,13-15,17-20,22-25H,21H2,1-9H3/b11-10-,20-19+,27-22-. The van der Waals surface area contributed by atoms with Gasteiger partial charge in [-0.25, -0.2) is 0 Å². The number of allylic oxidation sites excluding steroid dienone is 3. The van der Waals surface area contributed by atoms with Crippen LogP contribution in [0.4, 0.5) is 0 Å². The van der Waals surface area contributed by atoms with E-state index in [2.05, 4.69) is 53.4 Å². The number of hydrogen-bond donors (Lipinski definition) is 0. The molecule has 0 unspecified atom stereocenters. The summed E-state index contributed by atoms with van der Waals surface area (Å²) in [6.45, 7) is 14.9. The fourth-order valence-electron chi connectivity index (χ4n) is 4.75. The zero-order valence-electron chi connectivity index (χ0n) is 23.3. The van der Waals surface area contributed by atoms with Gasteiger partial charge in [0.1, 0.15) is 5.76 Å². The maximum atomic E-state index is 13.2. The molecule has 1 aromatic carbocycles. The quantitative estimate of drug-likeness (QED) is 0.0795. The van der Waals surface area contributed by atoms with Gasteiger partial charge in [0.25, 0.3) is 8.32 Å². The zero-order chi connectivity index (χ0) is 27.4. The highest BCUT2D eigenvalue weighted by molar-refractivity contribution is 6.77. The van der Waals surface area contributed by atoms with Crippen molar-refractivity contribution < 1.29 is 23.5 Å². The Balaban J connectivity index is 3.91. The van der Waals surface area contributed by atoms with Gasteiger partial charge < -0.3 is 13.9 Å². The van der Waals surface area contributed by atoms with E-state index in [9.17, 15) is 9.59 Å². The first-order chi connectivity index (χ1) is 17.0. The highest BCUT2D eigenvalue weighted by Crippen LogP contribution is 2.44. The Bertz CT molecular complexity index is 969. The number of carbonyl (C=O) groups excluding carboxylic acids is 2. The van der Waals surface area contributed by atoms with Gasteiger partial charge in [-0.1, -0.05) is 95.9 Å². The van der Waals surface area contributed by atoms with Crippen LogP contribution in [0, 0.1) is 17.3 Å². The molecule has 0 aliphatic carbocycles. The molecule has 0 heterocycles. The SMILES string of the molecule is C/C=C\C#CCC(/C=C(/C=C/c1ccccc1)O[Si](C(C)C)(C(C)C)C(C)C)(C(=O)OC)C(=O)OC. The molecule has 196 valence electrons. The summed E-state index contributed by atoms with van der Waals surface area (Å²) < 4.78 is 17.1. The molecule has 0 saturated carbocycles. The second-order valence-electron chi connectivity index (χ2n) is 9.66. The smallest absolute Gasteiger partial charge is 0.328 e. The van der Waals surface area contributed by atoms with Crippen LogP contribution in [0.1, 0.15) is 60.5 Å². The molecule has 0 amide bonds. The van der Waals surface area contributed by atoms with E-state index in [4.69, 9.17) is 13.9 Å². The van der Waals surface area contributed by atoms with E-state index < -0.39 is 25.7 Å². The number of ether oxygens (including phenoxy) is 2. The number of esters is 2. The molecule has 0 fully saturated rings. The minimum atomic E-state index is -2.43. The third kappa shape index (κ3) is 7.48. The summed E-state index contributed by atoms with van der Waals surface area (Å²) in [5, 5.41) is 0. The van der Waals surface area contributed by atoms with E-state index in [1.165, 1.54) is 14.2 Å². The topological polar surface area (TPSA) is 61.8 Å². The normalized spacial score (nSPS) is 12.8. The number of methoxy groups -OCH3 is 2. The molecular weight excluding hydrogens is 468 g/mol. The third-order valence-corrected chi connectivity index (χ3v) is 12.5. The lowest BCUT2D eigenvalue weighted by Gasteiger charge is -2.43. The van der Waals surface area contributed by atoms with Gasteiger partial charge in [-0.3, -0.25) is 9.59 Å². The Hall–Kier alpha value is -3.04. The van der Waals surface area contributed by atoms with Gasteiger partial charge in [0.15, 0.2) is 5.41 Å². The Labute approximate surface area is 218 Å². The van der Waals surface area contributed by atoms with Crippen molar-refractivity contribution in [2.45, 2.75) is 71.5 Å². The number of rotatable bonds is 11. The van der Waals surface area contributed by atoms with Gasteiger partial charge in [0, 0.05) is 6.42 Å². The molecule has 0 atom stereocenters. The predicted molar refractivity (Wildman–Crippen MR) is 149 cm³/mol. The molecule has 6 heteroatoms. The van der Waals surface area contributed by atoms with Crippen LogP contribution in [0.15, 0.2) is 60.4 Å². The van der Waals surface area contributed by atoms with Crippen LogP contribution in [0.2, 0.25) is 16.6 Å². The summed E-state index contributed by atoms with van der Waals surface area (Å²) in [6.07, 6.45) is 8.61. The number of benzene rings is 1. The first-order valence-corrected chi connectivity index (χ1v) is 14.6. The monoisotopic (exact) mass is 510 g/mol. The van der Waals surface area contributed by atoms with Crippen molar-refractivity contribution in [3.05, 3.63) is 66.0 Å². The van der Waals surface area contributed by atoms with Gasteiger partial charge in [-0.2, -0.15) is 0 Å². The van der Waals surface area contributed by atoms with Crippen LogP contribution >= 0.6 is 0 Å². The van der Waals surface area contributed by atoms with Crippen LogP contribution in [0.3, 0.4) is 0 Å². The van der Waals surface area contributed by atoms with Crippen molar-refractivity contribution >= 4 is 26.3 Å². The van der Waals surface area contributed by atoms with Crippen LogP contribution in [-0.4, -0.2) is 34.5 Å². The molecule has 1 aromatic rings. The van der Waals surface area contributed by atoms with Crippen molar-refractivity contribution in [1.82, 2.24) is 0 Å². The summed E-state index contributed by atoms with van der Waals surface area (Å²) in [5.41, 5.74) is 0.0375. The summed E-state index contributed by atoms with van der Waals surface area (Å²) in [5.74, 6) is 4.72. The van der Waals surface area contributed by atoms with Gasteiger partial charge in [-0.15, -0.1) is 0 Å². The summed E-state index contributed by atoms with van der Waals surface area (Å²) in [6, 6.07) is 9.79. The molecule has 1 rings (SSSR count). The van der Waals surface area contributed by atoms with Crippen molar-refractivity contribution in [2.24, 2.45) is 5.41 Å². The first-order valence-electron chi connectivity index (χ1n) is 12.4. The lowest BCUT2D eigenvalue weighted by Crippen LogP contribution is -2.48. The maximum absolute atomic E-state index is 13.2. The Morgan fingerprint density at radius 2 is 1.47 bits per heavy atom. The molecule has 0 aliphatic heterocycles. The highest BCUT2D eigenvalue weighted by atomic mass is 28.4. The number of hydrogen-bond acceptors (Lipinski definition) is 5. The average molecular weight is 511 g/mol.